The summed E-state index contributed by atoms with van der Waals surface area (Å²) in [6.45, 7) is 3.01. The minimum absolute atomic E-state index is 0.00532. The van der Waals surface area contributed by atoms with Crippen molar-refractivity contribution in [1.29, 1.82) is 0 Å². The Kier molecular flexibility index (Phi) is 7.60. The molecule has 0 amide bonds. The predicted molar refractivity (Wildman–Crippen MR) is 113 cm³/mol. The van der Waals surface area contributed by atoms with Gasteiger partial charge in [0.2, 0.25) is 10.0 Å². The molecule has 1 saturated heterocycles. The standard InChI is InChI=1S/C20H21Cl2NO6S/c1-14-4-2-3-5-18(14)28-10-11-29-20(24)15-12-19(17(22)13-16(15)21)30(25,26)23-6-8-27-9-7-23/h2-5,12-13H,6-11H2,1H3. The molecule has 162 valence electrons. The number of carbonyl (C=O) groups is 1. The normalized spacial score (nSPS) is 15.0. The summed E-state index contributed by atoms with van der Waals surface area (Å²) >= 11 is 12.2. The van der Waals surface area contributed by atoms with Gasteiger partial charge in [-0.15, -0.1) is 0 Å². The van der Waals surface area contributed by atoms with E-state index in [2.05, 4.69) is 0 Å². The Morgan fingerprint density at radius 2 is 1.80 bits per heavy atom. The second-order valence-electron chi connectivity index (χ2n) is 6.53. The zero-order valence-electron chi connectivity index (χ0n) is 16.3. The van der Waals surface area contributed by atoms with Gasteiger partial charge in [-0.25, -0.2) is 13.2 Å². The van der Waals surface area contributed by atoms with Crippen LogP contribution in [0.15, 0.2) is 41.3 Å². The Bertz CT molecular complexity index is 1020. The van der Waals surface area contributed by atoms with E-state index in [-0.39, 0.29) is 46.8 Å². The number of aryl methyl sites for hydroxylation is 1. The van der Waals surface area contributed by atoms with E-state index in [9.17, 15) is 13.2 Å². The van der Waals surface area contributed by atoms with Crippen molar-refractivity contribution < 1.29 is 27.4 Å². The van der Waals surface area contributed by atoms with Crippen LogP contribution in [0, 0.1) is 6.92 Å². The zero-order valence-corrected chi connectivity index (χ0v) is 18.6. The lowest BCUT2D eigenvalue weighted by Crippen LogP contribution is -2.40. The highest BCUT2D eigenvalue weighted by atomic mass is 35.5. The van der Waals surface area contributed by atoms with E-state index < -0.39 is 16.0 Å². The number of halogens is 2. The van der Waals surface area contributed by atoms with E-state index >= 15 is 0 Å². The number of para-hydroxylation sites is 1. The molecule has 0 spiro atoms. The van der Waals surface area contributed by atoms with Crippen LogP contribution >= 0.6 is 23.2 Å². The molecule has 7 nitrogen and oxygen atoms in total. The first-order valence-corrected chi connectivity index (χ1v) is 11.4. The van der Waals surface area contributed by atoms with Gasteiger partial charge in [0.05, 0.1) is 28.8 Å². The highest BCUT2D eigenvalue weighted by Crippen LogP contribution is 2.31. The van der Waals surface area contributed by atoms with Crippen molar-refractivity contribution in [3.05, 3.63) is 57.6 Å². The third-order valence-electron chi connectivity index (χ3n) is 4.50. The average molecular weight is 474 g/mol. The van der Waals surface area contributed by atoms with Gasteiger partial charge >= 0.3 is 5.97 Å². The molecule has 0 bridgehead atoms. The molecule has 1 aliphatic heterocycles. The summed E-state index contributed by atoms with van der Waals surface area (Å²) in [5.41, 5.74) is 0.881. The van der Waals surface area contributed by atoms with E-state index in [4.69, 9.17) is 37.4 Å². The van der Waals surface area contributed by atoms with Gasteiger partial charge in [-0.1, -0.05) is 41.4 Å². The maximum absolute atomic E-state index is 12.9. The lowest BCUT2D eigenvalue weighted by molar-refractivity contribution is 0.0450. The van der Waals surface area contributed by atoms with Gasteiger partial charge < -0.3 is 14.2 Å². The van der Waals surface area contributed by atoms with Gasteiger partial charge in [0.1, 0.15) is 23.9 Å². The Hall–Kier alpha value is -1.84. The molecular formula is C20H21Cl2NO6S. The summed E-state index contributed by atoms with van der Waals surface area (Å²) in [4.78, 5) is 12.3. The molecule has 1 fully saturated rings. The number of rotatable bonds is 7. The van der Waals surface area contributed by atoms with Crippen LogP contribution in [0.3, 0.4) is 0 Å². The van der Waals surface area contributed by atoms with Crippen molar-refractivity contribution >= 4 is 39.2 Å². The monoisotopic (exact) mass is 473 g/mol. The van der Waals surface area contributed by atoms with E-state index in [1.54, 1.807) is 0 Å². The molecule has 30 heavy (non-hydrogen) atoms. The Morgan fingerprint density at radius 3 is 2.50 bits per heavy atom. The van der Waals surface area contributed by atoms with Crippen LogP contribution in [0.1, 0.15) is 15.9 Å². The Morgan fingerprint density at radius 1 is 1.10 bits per heavy atom. The fraction of sp³-hybridized carbons (Fsp3) is 0.350. The number of nitrogens with zero attached hydrogens (tertiary/aromatic N) is 1. The molecule has 0 radical (unpaired) electrons. The van der Waals surface area contributed by atoms with Crippen LogP contribution in [0.2, 0.25) is 10.0 Å². The zero-order chi connectivity index (χ0) is 21.7. The number of hydrogen-bond acceptors (Lipinski definition) is 6. The number of benzene rings is 2. The van der Waals surface area contributed by atoms with Crippen LogP contribution < -0.4 is 4.74 Å². The lowest BCUT2D eigenvalue weighted by Gasteiger charge is -2.26. The maximum atomic E-state index is 12.9. The third-order valence-corrected chi connectivity index (χ3v) is 7.17. The minimum Gasteiger partial charge on any atom is -0.490 e. The second kappa shape index (κ2) is 9.98. The Balaban J connectivity index is 1.70. The molecule has 2 aromatic carbocycles. The van der Waals surface area contributed by atoms with Crippen molar-refractivity contribution in [1.82, 2.24) is 4.31 Å². The molecule has 0 unspecified atom stereocenters. The number of esters is 1. The molecule has 0 N–H and O–H groups in total. The summed E-state index contributed by atoms with van der Waals surface area (Å²) in [6.07, 6.45) is 0. The largest absolute Gasteiger partial charge is 0.490 e. The van der Waals surface area contributed by atoms with Gasteiger partial charge in [0.15, 0.2) is 0 Å². The van der Waals surface area contributed by atoms with Crippen molar-refractivity contribution in [2.75, 3.05) is 39.5 Å². The maximum Gasteiger partial charge on any atom is 0.339 e. The summed E-state index contributed by atoms with van der Waals surface area (Å²) < 4.78 is 43.1. The first kappa shape index (κ1) is 22.8. The lowest BCUT2D eigenvalue weighted by atomic mass is 10.2. The van der Waals surface area contributed by atoms with Crippen LogP contribution in [0.4, 0.5) is 0 Å². The first-order chi connectivity index (χ1) is 14.3. The van der Waals surface area contributed by atoms with Crippen molar-refractivity contribution in [2.45, 2.75) is 11.8 Å². The van der Waals surface area contributed by atoms with Crippen LogP contribution in [-0.4, -0.2) is 58.2 Å². The SMILES string of the molecule is Cc1ccccc1OCCOC(=O)c1cc(S(=O)(=O)N2CCOCC2)c(Cl)cc1Cl. The van der Waals surface area contributed by atoms with E-state index in [0.29, 0.717) is 19.0 Å². The summed E-state index contributed by atoms with van der Waals surface area (Å²) in [7, 11) is -3.90. The molecule has 0 aliphatic carbocycles. The molecule has 3 rings (SSSR count). The molecule has 2 aromatic rings. The highest BCUT2D eigenvalue weighted by molar-refractivity contribution is 7.89. The topological polar surface area (TPSA) is 82.1 Å². The van der Waals surface area contributed by atoms with Gasteiger partial charge in [0.25, 0.3) is 0 Å². The van der Waals surface area contributed by atoms with Crippen molar-refractivity contribution in [3.63, 3.8) is 0 Å². The number of ether oxygens (including phenoxy) is 3. The number of morpholine rings is 1. The number of sulfonamides is 1. The van der Waals surface area contributed by atoms with Crippen LogP contribution in [0.25, 0.3) is 0 Å². The summed E-state index contributed by atoms with van der Waals surface area (Å²) in [5, 5.41) is -0.0586. The smallest absolute Gasteiger partial charge is 0.339 e. The quantitative estimate of drug-likeness (QED) is 0.451. The second-order valence-corrected chi connectivity index (χ2v) is 9.25. The highest BCUT2D eigenvalue weighted by Gasteiger charge is 2.30. The molecule has 10 heteroatoms. The number of hydrogen-bond donors (Lipinski definition) is 0. The van der Waals surface area contributed by atoms with E-state index in [1.165, 1.54) is 10.4 Å². The van der Waals surface area contributed by atoms with Crippen LogP contribution in [0.5, 0.6) is 5.75 Å². The van der Waals surface area contributed by atoms with E-state index in [1.807, 2.05) is 31.2 Å². The average Bonchev–Trinajstić information content (AvgIpc) is 2.72. The van der Waals surface area contributed by atoms with Crippen molar-refractivity contribution in [2.24, 2.45) is 0 Å². The molecule has 1 aliphatic rings. The molecule has 0 aromatic heterocycles. The van der Waals surface area contributed by atoms with Crippen LogP contribution in [-0.2, 0) is 19.5 Å². The predicted octanol–water partition coefficient (Wildman–Crippen LogP) is 3.56. The summed E-state index contributed by atoms with van der Waals surface area (Å²) in [6, 6.07) is 9.85. The van der Waals surface area contributed by atoms with Gasteiger partial charge in [-0.2, -0.15) is 4.31 Å². The summed E-state index contributed by atoms with van der Waals surface area (Å²) in [5.74, 6) is -0.0690. The molecular weight excluding hydrogens is 453 g/mol. The Labute approximate surface area is 185 Å². The van der Waals surface area contributed by atoms with Gasteiger partial charge in [-0.3, -0.25) is 0 Å². The molecule has 0 atom stereocenters. The molecule has 0 saturated carbocycles. The third kappa shape index (κ3) is 5.25. The van der Waals surface area contributed by atoms with Gasteiger partial charge in [-0.05, 0) is 30.7 Å². The minimum atomic E-state index is -3.90. The van der Waals surface area contributed by atoms with E-state index in [0.717, 1.165) is 11.6 Å². The fourth-order valence-electron chi connectivity index (χ4n) is 2.89. The van der Waals surface area contributed by atoms with Crippen molar-refractivity contribution in [3.8, 4) is 5.75 Å². The fourth-order valence-corrected chi connectivity index (χ4v) is 5.12. The number of carbonyl (C=O) groups excluding carboxylic acids is 1. The first-order valence-electron chi connectivity index (χ1n) is 9.23. The molecule has 1 heterocycles. The van der Waals surface area contributed by atoms with Gasteiger partial charge in [0, 0.05) is 13.1 Å².